The van der Waals surface area contributed by atoms with Gasteiger partial charge >= 0.3 is 0 Å². The molecule has 1 atom stereocenters. The predicted molar refractivity (Wildman–Crippen MR) is 91.3 cm³/mol. The van der Waals surface area contributed by atoms with Crippen molar-refractivity contribution < 1.29 is 23.7 Å². The number of amides is 1. The molecule has 0 radical (unpaired) electrons. The third kappa shape index (κ3) is 2.88. The van der Waals surface area contributed by atoms with Gasteiger partial charge in [0.25, 0.3) is 0 Å². The van der Waals surface area contributed by atoms with Gasteiger partial charge in [-0.25, -0.2) is 0 Å². The number of methoxy groups -OCH3 is 1. The smallest absolute Gasteiger partial charge is 0.231 e. The van der Waals surface area contributed by atoms with Crippen molar-refractivity contribution in [3.63, 3.8) is 0 Å². The average Bonchev–Trinajstić information content (AvgIpc) is 3.08. The Morgan fingerprint density at radius 2 is 1.96 bits per heavy atom. The Kier molecular flexibility index (Phi) is 3.76. The van der Waals surface area contributed by atoms with Crippen LogP contribution in [-0.4, -0.2) is 26.4 Å². The maximum atomic E-state index is 12.6. The second-order valence-corrected chi connectivity index (χ2v) is 5.97. The van der Waals surface area contributed by atoms with Crippen molar-refractivity contribution in [1.82, 2.24) is 0 Å². The summed E-state index contributed by atoms with van der Waals surface area (Å²) in [4.78, 5) is 12.6. The summed E-state index contributed by atoms with van der Waals surface area (Å²) in [6.07, 6.45) is 0.572. The third-order valence-corrected chi connectivity index (χ3v) is 4.35. The van der Waals surface area contributed by atoms with Crippen molar-refractivity contribution in [3.8, 4) is 23.0 Å². The van der Waals surface area contributed by atoms with E-state index in [4.69, 9.17) is 24.7 Å². The third-order valence-electron chi connectivity index (χ3n) is 4.35. The van der Waals surface area contributed by atoms with Gasteiger partial charge in [-0.1, -0.05) is 0 Å². The van der Waals surface area contributed by atoms with Gasteiger partial charge in [-0.3, -0.25) is 4.79 Å². The lowest BCUT2D eigenvalue weighted by Gasteiger charge is -2.25. The number of carbonyl (C=O) groups excluding carboxylic acids is 1. The first kappa shape index (κ1) is 15.4. The molecule has 0 aliphatic carbocycles. The van der Waals surface area contributed by atoms with Gasteiger partial charge in [0.05, 0.1) is 24.4 Å². The molecule has 0 spiro atoms. The zero-order chi connectivity index (χ0) is 17.4. The highest BCUT2D eigenvalue weighted by Gasteiger charge is 2.27. The first-order chi connectivity index (χ1) is 12.1. The van der Waals surface area contributed by atoms with E-state index in [1.54, 1.807) is 19.2 Å². The van der Waals surface area contributed by atoms with E-state index < -0.39 is 0 Å². The van der Waals surface area contributed by atoms with Crippen LogP contribution in [0.4, 0.5) is 11.4 Å². The normalized spacial score (nSPS) is 17.4. The van der Waals surface area contributed by atoms with Crippen LogP contribution in [0, 0.1) is 5.92 Å². The van der Waals surface area contributed by atoms with Gasteiger partial charge in [0.2, 0.25) is 12.7 Å². The molecule has 1 unspecified atom stereocenters. The van der Waals surface area contributed by atoms with E-state index in [-0.39, 0.29) is 18.6 Å². The van der Waals surface area contributed by atoms with Crippen LogP contribution in [0.3, 0.4) is 0 Å². The van der Waals surface area contributed by atoms with Crippen molar-refractivity contribution in [3.05, 3.63) is 35.9 Å². The summed E-state index contributed by atoms with van der Waals surface area (Å²) in [5, 5.41) is 2.86. The maximum Gasteiger partial charge on any atom is 0.231 e. The highest BCUT2D eigenvalue weighted by atomic mass is 16.7. The number of benzene rings is 2. The van der Waals surface area contributed by atoms with E-state index in [0.717, 1.165) is 17.1 Å². The van der Waals surface area contributed by atoms with Crippen LogP contribution in [0.2, 0.25) is 0 Å². The van der Waals surface area contributed by atoms with E-state index in [1.807, 2.05) is 18.2 Å². The van der Waals surface area contributed by atoms with E-state index in [2.05, 4.69) is 5.32 Å². The number of carbonyl (C=O) groups is 1. The topological polar surface area (TPSA) is 92.0 Å². The first-order valence-corrected chi connectivity index (χ1v) is 7.94. The Bertz CT molecular complexity index is 836. The fraction of sp³-hybridized carbons (Fsp3) is 0.278. The number of hydrogen-bond donors (Lipinski definition) is 2. The number of rotatable bonds is 3. The van der Waals surface area contributed by atoms with E-state index >= 15 is 0 Å². The Morgan fingerprint density at radius 3 is 2.76 bits per heavy atom. The molecular weight excluding hydrogens is 324 g/mol. The lowest BCUT2D eigenvalue weighted by molar-refractivity contribution is -0.121. The van der Waals surface area contributed by atoms with Gasteiger partial charge in [-0.05, 0) is 30.2 Å². The molecule has 0 fully saturated rings. The average molecular weight is 342 g/mol. The number of hydrogen-bond acceptors (Lipinski definition) is 6. The van der Waals surface area contributed by atoms with Crippen LogP contribution in [0.25, 0.3) is 0 Å². The van der Waals surface area contributed by atoms with Crippen LogP contribution in [0.15, 0.2) is 30.3 Å². The zero-order valence-electron chi connectivity index (χ0n) is 13.7. The monoisotopic (exact) mass is 342 g/mol. The van der Waals surface area contributed by atoms with Crippen molar-refractivity contribution >= 4 is 17.3 Å². The molecule has 2 aliphatic heterocycles. The molecule has 7 heteroatoms. The molecule has 0 saturated heterocycles. The molecule has 4 rings (SSSR count). The largest absolute Gasteiger partial charge is 0.497 e. The fourth-order valence-electron chi connectivity index (χ4n) is 2.97. The summed E-state index contributed by atoms with van der Waals surface area (Å²) in [5.74, 6) is 2.20. The summed E-state index contributed by atoms with van der Waals surface area (Å²) in [5.41, 5.74) is 7.87. The van der Waals surface area contributed by atoms with Gasteiger partial charge in [-0.2, -0.15) is 0 Å². The maximum absolute atomic E-state index is 12.6. The Hall–Kier alpha value is -3.09. The summed E-state index contributed by atoms with van der Waals surface area (Å²) in [6.45, 7) is 0.469. The molecule has 2 aromatic carbocycles. The van der Waals surface area contributed by atoms with Crippen LogP contribution in [0.5, 0.6) is 23.0 Å². The van der Waals surface area contributed by atoms with Crippen molar-refractivity contribution in [2.24, 2.45) is 5.92 Å². The summed E-state index contributed by atoms with van der Waals surface area (Å²) < 4.78 is 21.5. The SMILES string of the molecule is COc1ccc2c(c1)CC(C(=O)Nc1cc3c(cc1N)OCO3)CO2. The van der Waals surface area contributed by atoms with Crippen molar-refractivity contribution in [2.75, 3.05) is 31.6 Å². The molecule has 0 aromatic heterocycles. The first-order valence-electron chi connectivity index (χ1n) is 7.94. The van der Waals surface area contributed by atoms with E-state index in [9.17, 15) is 4.79 Å². The van der Waals surface area contributed by atoms with Gasteiger partial charge in [-0.15, -0.1) is 0 Å². The van der Waals surface area contributed by atoms with Crippen LogP contribution in [0.1, 0.15) is 5.56 Å². The number of anilines is 2. The Balaban J connectivity index is 1.50. The van der Waals surface area contributed by atoms with E-state index in [1.165, 1.54) is 0 Å². The molecule has 130 valence electrons. The molecule has 1 amide bonds. The van der Waals surface area contributed by atoms with Crippen molar-refractivity contribution in [2.45, 2.75) is 6.42 Å². The fourth-order valence-corrected chi connectivity index (χ4v) is 2.97. The molecule has 2 aliphatic rings. The minimum absolute atomic E-state index is 0.154. The molecule has 2 heterocycles. The van der Waals surface area contributed by atoms with Crippen LogP contribution < -0.4 is 30.0 Å². The molecular formula is C18H18N2O5. The Morgan fingerprint density at radius 1 is 1.16 bits per heavy atom. The summed E-state index contributed by atoms with van der Waals surface area (Å²) in [6, 6.07) is 8.92. The predicted octanol–water partition coefficient (Wildman–Crippen LogP) is 2.20. The molecule has 0 saturated carbocycles. The second-order valence-electron chi connectivity index (χ2n) is 5.97. The highest BCUT2D eigenvalue weighted by Crippen LogP contribution is 2.38. The zero-order valence-corrected chi connectivity index (χ0v) is 13.7. The van der Waals surface area contributed by atoms with Gasteiger partial charge in [0, 0.05) is 12.1 Å². The van der Waals surface area contributed by atoms with Crippen LogP contribution in [-0.2, 0) is 11.2 Å². The standard InChI is InChI=1S/C18H18N2O5/c1-22-12-2-3-15-10(5-12)4-11(8-23-15)18(21)20-14-7-17-16(6-13(14)19)24-9-25-17/h2-3,5-7,11H,4,8-9,19H2,1H3,(H,20,21). The van der Waals surface area contributed by atoms with Gasteiger partial charge in [0.15, 0.2) is 11.5 Å². The summed E-state index contributed by atoms with van der Waals surface area (Å²) in [7, 11) is 1.61. The van der Waals surface area contributed by atoms with Crippen LogP contribution >= 0.6 is 0 Å². The number of fused-ring (bicyclic) bond motifs is 2. The number of nitrogen functional groups attached to an aromatic ring is 1. The molecule has 25 heavy (non-hydrogen) atoms. The van der Waals surface area contributed by atoms with Gasteiger partial charge in [0.1, 0.15) is 18.1 Å². The summed E-state index contributed by atoms with van der Waals surface area (Å²) >= 11 is 0. The number of nitrogens with two attached hydrogens (primary N) is 1. The Labute approximate surface area is 144 Å². The quantitative estimate of drug-likeness (QED) is 0.831. The number of ether oxygens (including phenoxy) is 4. The molecule has 7 nitrogen and oxygen atoms in total. The highest BCUT2D eigenvalue weighted by molar-refractivity contribution is 5.96. The minimum atomic E-state index is -0.315. The molecule has 0 bridgehead atoms. The minimum Gasteiger partial charge on any atom is -0.497 e. The second kappa shape index (κ2) is 6.08. The molecule has 2 aromatic rings. The molecule has 3 N–H and O–H groups in total. The lowest BCUT2D eigenvalue weighted by atomic mass is 9.95. The van der Waals surface area contributed by atoms with Crippen molar-refractivity contribution in [1.29, 1.82) is 0 Å². The van der Waals surface area contributed by atoms with E-state index in [0.29, 0.717) is 35.9 Å². The number of nitrogens with one attached hydrogen (secondary N) is 1. The lowest BCUT2D eigenvalue weighted by Crippen LogP contribution is -2.32. The van der Waals surface area contributed by atoms with Gasteiger partial charge < -0.3 is 30.0 Å².